The number of aryl methyl sites for hydroxylation is 2. The predicted octanol–water partition coefficient (Wildman–Crippen LogP) is 2.57. The average molecular weight is 326 g/mol. The molecule has 0 N–H and O–H groups in total. The summed E-state index contributed by atoms with van der Waals surface area (Å²) >= 11 is 1.50. The fourth-order valence-electron chi connectivity index (χ4n) is 2.46. The molecule has 0 atom stereocenters. The van der Waals surface area contributed by atoms with Gasteiger partial charge in [0.05, 0.1) is 18.4 Å². The van der Waals surface area contributed by atoms with Gasteiger partial charge in [0.25, 0.3) is 0 Å². The van der Waals surface area contributed by atoms with Gasteiger partial charge in [-0.1, -0.05) is 11.3 Å². The van der Waals surface area contributed by atoms with Crippen LogP contribution in [0.3, 0.4) is 0 Å². The van der Waals surface area contributed by atoms with E-state index >= 15 is 0 Å². The van der Waals surface area contributed by atoms with Crippen molar-refractivity contribution in [1.29, 1.82) is 0 Å². The number of aromatic nitrogens is 6. The second kappa shape index (κ2) is 5.17. The van der Waals surface area contributed by atoms with Gasteiger partial charge in [-0.2, -0.15) is 14.7 Å². The van der Waals surface area contributed by atoms with E-state index in [2.05, 4.69) is 20.4 Å². The van der Waals surface area contributed by atoms with E-state index < -0.39 is 0 Å². The van der Waals surface area contributed by atoms with Crippen molar-refractivity contribution in [2.75, 3.05) is 7.11 Å². The minimum atomic E-state index is 0.715. The predicted molar refractivity (Wildman–Crippen MR) is 87.6 cm³/mol. The molecule has 0 saturated heterocycles. The molecule has 4 rings (SSSR count). The number of rotatable bonds is 3. The summed E-state index contributed by atoms with van der Waals surface area (Å²) in [5, 5.41) is 18.4. The van der Waals surface area contributed by atoms with Crippen LogP contribution in [0.4, 0.5) is 0 Å². The molecule has 0 fully saturated rings. The molecule has 7 nitrogen and oxygen atoms in total. The Morgan fingerprint density at radius 3 is 2.52 bits per heavy atom. The van der Waals surface area contributed by atoms with Crippen molar-refractivity contribution in [2.24, 2.45) is 7.05 Å². The highest BCUT2D eigenvalue weighted by atomic mass is 32.1. The monoisotopic (exact) mass is 326 g/mol. The number of ether oxygens (including phenoxy) is 1. The summed E-state index contributed by atoms with van der Waals surface area (Å²) in [5.74, 6) is 1.52. The maximum Gasteiger partial charge on any atom is 0.235 e. The van der Waals surface area contributed by atoms with Crippen LogP contribution < -0.4 is 4.74 Å². The zero-order valence-corrected chi connectivity index (χ0v) is 13.7. The van der Waals surface area contributed by atoms with E-state index in [1.807, 2.05) is 44.4 Å². The molecule has 0 amide bonds. The molecule has 0 unspecified atom stereocenters. The summed E-state index contributed by atoms with van der Waals surface area (Å²) in [7, 11) is 3.55. The molecule has 23 heavy (non-hydrogen) atoms. The van der Waals surface area contributed by atoms with Crippen molar-refractivity contribution in [2.45, 2.75) is 6.92 Å². The Bertz CT molecular complexity index is 981. The van der Waals surface area contributed by atoms with Crippen LogP contribution in [-0.4, -0.2) is 36.7 Å². The maximum atomic E-state index is 5.19. The highest BCUT2D eigenvalue weighted by Crippen LogP contribution is 2.29. The Kier molecular flexibility index (Phi) is 3.12. The lowest BCUT2D eigenvalue weighted by molar-refractivity contribution is 0.415. The number of hydrogen-bond donors (Lipinski definition) is 0. The van der Waals surface area contributed by atoms with Gasteiger partial charge in [-0.3, -0.25) is 4.68 Å². The van der Waals surface area contributed by atoms with Crippen molar-refractivity contribution >= 4 is 16.3 Å². The lowest BCUT2D eigenvalue weighted by Crippen LogP contribution is -1.91. The van der Waals surface area contributed by atoms with Gasteiger partial charge >= 0.3 is 0 Å². The van der Waals surface area contributed by atoms with Crippen LogP contribution in [0.25, 0.3) is 26.9 Å². The Labute approximate surface area is 136 Å². The molecular weight excluding hydrogens is 312 g/mol. The van der Waals surface area contributed by atoms with Gasteiger partial charge in [0.1, 0.15) is 5.75 Å². The van der Waals surface area contributed by atoms with Crippen LogP contribution in [0.15, 0.2) is 30.5 Å². The zero-order chi connectivity index (χ0) is 16.0. The number of nitrogens with zero attached hydrogens (tertiary/aromatic N) is 6. The molecule has 0 aliphatic heterocycles. The quantitative estimate of drug-likeness (QED) is 0.579. The normalized spacial score (nSPS) is 11.3. The molecule has 0 aliphatic carbocycles. The van der Waals surface area contributed by atoms with Gasteiger partial charge in [-0.25, -0.2) is 0 Å². The van der Waals surface area contributed by atoms with E-state index in [1.165, 1.54) is 11.3 Å². The molecule has 4 aromatic rings. The van der Waals surface area contributed by atoms with Crippen LogP contribution in [0.5, 0.6) is 5.75 Å². The number of benzene rings is 1. The van der Waals surface area contributed by atoms with Gasteiger partial charge in [-0.05, 0) is 31.2 Å². The van der Waals surface area contributed by atoms with E-state index in [-0.39, 0.29) is 0 Å². The summed E-state index contributed by atoms with van der Waals surface area (Å²) in [4.78, 5) is 0.758. The largest absolute Gasteiger partial charge is 0.497 e. The van der Waals surface area contributed by atoms with Crippen LogP contribution >= 0.6 is 11.3 Å². The minimum absolute atomic E-state index is 0.715. The van der Waals surface area contributed by atoms with Gasteiger partial charge in [0.2, 0.25) is 4.96 Å². The Morgan fingerprint density at radius 2 is 1.87 bits per heavy atom. The third kappa shape index (κ3) is 2.27. The third-order valence-corrected chi connectivity index (χ3v) is 4.52. The van der Waals surface area contributed by atoms with Gasteiger partial charge in [0.15, 0.2) is 10.8 Å². The molecule has 0 radical (unpaired) electrons. The summed E-state index contributed by atoms with van der Waals surface area (Å²) < 4.78 is 8.75. The second-order valence-corrected chi connectivity index (χ2v) is 6.11. The minimum Gasteiger partial charge on any atom is -0.497 e. The summed E-state index contributed by atoms with van der Waals surface area (Å²) in [6.07, 6.45) is 1.97. The van der Waals surface area contributed by atoms with Crippen LogP contribution in [-0.2, 0) is 7.05 Å². The fourth-order valence-corrected chi connectivity index (χ4v) is 3.36. The molecule has 0 saturated carbocycles. The third-order valence-electron chi connectivity index (χ3n) is 3.58. The number of fused-ring (bicyclic) bond motifs is 1. The second-order valence-electron chi connectivity index (χ2n) is 5.16. The Hall–Kier alpha value is -2.74. The van der Waals surface area contributed by atoms with Crippen LogP contribution in [0.2, 0.25) is 0 Å². The topological polar surface area (TPSA) is 70.1 Å². The van der Waals surface area contributed by atoms with Crippen molar-refractivity contribution in [1.82, 2.24) is 29.6 Å². The van der Waals surface area contributed by atoms with Crippen molar-refractivity contribution < 1.29 is 4.74 Å². The average Bonchev–Trinajstić information content (AvgIpc) is 3.21. The highest BCUT2D eigenvalue weighted by molar-refractivity contribution is 7.19. The van der Waals surface area contributed by atoms with Gasteiger partial charge in [0, 0.05) is 18.8 Å². The van der Waals surface area contributed by atoms with E-state index in [0.29, 0.717) is 5.82 Å². The van der Waals surface area contributed by atoms with E-state index in [1.54, 1.807) is 16.3 Å². The summed E-state index contributed by atoms with van der Waals surface area (Å²) in [6.45, 7) is 1.97. The molecule has 116 valence electrons. The van der Waals surface area contributed by atoms with E-state index in [4.69, 9.17) is 4.74 Å². The molecule has 3 aromatic heterocycles. The first-order valence-corrected chi connectivity index (χ1v) is 7.84. The summed E-state index contributed by atoms with van der Waals surface area (Å²) in [6, 6.07) is 7.69. The molecule has 0 spiro atoms. The lowest BCUT2D eigenvalue weighted by atomic mass is 10.2. The molecular formula is C15H14N6OS. The lowest BCUT2D eigenvalue weighted by Gasteiger charge is -2.00. The molecule has 1 aromatic carbocycles. The number of hydrogen-bond acceptors (Lipinski definition) is 6. The van der Waals surface area contributed by atoms with Crippen molar-refractivity contribution in [3.8, 4) is 27.7 Å². The van der Waals surface area contributed by atoms with Crippen LogP contribution in [0, 0.1) is 6.92 Å². The van der Waals surface area contributed by atoms with Gasteiger partial charge < -0.3 is 4.74 Å². The smallest absolute Gasteiger partial charge is 0.235 e. The number of methoxy groups -OCH3 is 1. The zero-order valence-electron chi connectivity index (χ0n) is 12.9. The van der Waals surface area contributed by atoms with E-state index in [0.717, 1.165) is 32.5 Å². The van der Waals surface area contributed by atoms with Gasteiger partial charge in [-0.15, -0.1) is 10.2 Å². The van der Waals surface area contributed by atoms with Crippen molar-refractivity contribution in [3.05, 3.63) is 36.2 Å². The van der Waals surface area contributed by atoms with E-state index in [9.17, 15) is 0 Å². The first-order valence-electron chi connectivity index (χ1n) is 7.03. The first kappa shape index (κ1) is 13.9. The molecule has 0 bridgehead atoms. The maximum absolute atomic E-state index is 5.19. The molecule has 3 heterocycles. The SMILES string of the molecule is COc1ccc(-c2nnc3sc(-c4cn(C)nc4C)nn23)cc1. The Morgan fingerprint density at radius 1 is 1.09 bits per heavy atom. The van der Waals surface area contributed by atoms with Crippen molar-refractivity contribution in [3.63, 3.8) is 0 Å². The molecule has 0 aliphatic rings. The summed E-state index contributed by atoms with van der Waals surface area (Å²) in [5.41, 5.74) is 2.91. The highest BCUT2D eigenvalue weighted by Gasteiger charge is 2.16. The standard InChI is InChI=1S/C15H14N6OS/c1-9-12(8-20(2)18-9)14-19-21-13(16-17-15(21)23-14)10-4-6-11(22-3)7-5-10/h4-8H,1-3H3. The molecule has 8 heteroatoms. The first-order chi connectivity index (χ1) is 11.2. The van der Waals surface area contributed by atoms with Crippen LogP contribution in [0.1, 0.15) is 5.69 Å². The Balaban J connectivity index is 1.81. The fraction of sp³-hybridized carbons (Fsp3) is 0.200.